The molecule has 0 saturated heterocycles. The van der Waals surface area contributed by atoms with Crippen molar-refractivity contribution >= 4 is 27.7 Å². The molecule has 0 aliphatic rings. The van der Waals surface area contributed by atoms with Crippen molar-refractivity contribution in [3.8, 4) is 5.75 Å². The molecule has 0 radical (unpaired) electrons. The molecule has 0 aromatic heterocycles. The minimum Gasteiger partial charge on any atom is -0.496 e. The summed E-state index contributed by atoms with van der Waals surface area (Å²) < 4.78 is 6.49. The zero-order valence-corrected chi connectivity index (χ0v) is 12.3. The summed E-state index contributed by atoms with van der Waals surface area (Å²) >= 11 is 5.37. The molecule has 90 valence electrons. The fourth-order valence-electron chi connectivity index (χ4n) is 1.67. The van der Waals surface area contributed by atoms with E-state index < -0.39 is 0 Å². The minimum absolute atomic E-state index is 0.347. The van der Waals surface area contributed by atoms with Crippen LogP contribution in [-0.4, -0.2) is 26.2 Å². The Hall–Kier alpha value is -0.190. The maximum Gasteiger partial charge on any atom is 0.123 e. The average Bonchev–Trinajstić information content (AvgIpc) is 2.30. The predicted octanol–water partition coefficient (Wildman–Crippen LogP) is 3.47. The molecular formula is C12H18BrNOS. The molecule has 16 heavy (non-hydrogen) atoms. The van der Waals surface area contributed by atoms with Crippen LogP contribution in [0.25, 0.3) is 0 Å². The first kappa shape index (κ1) is 13.9. The summed E-state index contributed by atoms with van der Waals surface area (Å²) in [6.45, 7) is 0. The van der Waals surface area contributed by atoms with Crippen LogP contribution in [0.4, 0.5) is 0 Å². The second kappa shape index (κ2) is 7.20. The van der Waals surface area contributed by atoms with E-state index in [-0.39, 0.29) is 0 Å². The van der Waals surface area contributed by atoms with Crippen molar-refractivity contribution in [2.45, 2.75) is 12.5 Å². The standard InChI is InChI=1S/C12H18BrNOS/c1-14-11(6-7-16-3)10-8-9(13)4-5-12(10)15-2/h4-5,8,11,14H,6-7H2,1-3H3. The van der Waals surface area contributed by atoms with Crippen LogP contribution in [0.3, 0.4) is 0 Å². The maximum atomic E-state index is 5.40. The molecule has 1 rings (SSSR count). The fraction of sp³-hybridized carbons (Fsp3) is 0.500. The van der Waals surface area contributed by atoms with E-state index >= 15 is 0 Å². The van der Waals surface area contributed by atoms with Crippen molar-refractivity contribution in [3.05, 3.63) is 28.2 Å². The molecule has 0 saturated carbocycles. The molecule has 1 unspecified atom stereocenters. The van der Waals surface area contributed by atoms with Crippen LogP contribution < -0.4 is 10.1 Å². The second-order valence-electron chi connectivity index (χ2n) is 3.51. The highest BCUT2D eigenvalue weighted by atomic mass is 79.9. The molecule has 0 aliphatic carbocycles. The molecule has 1 aromatic rings. The van der Waals surface area contributed by atoms with Crippen LogP contribution in [-0.2, 0) is 0 Å². The Labute approximate surface area is 110 Å². The van der Waals surface area contributed by atoms with Gasteiger partial charge in [0.25, 0.3) is 0 Å². The zero-order chi connectivity index (χ0) is 12.0. The third-order valence-corrected chi connectivity index (χ3v) is 3.66. The van der Waals surface area contributed by atoms with E-state index in [2.05, 4.69) is 33.6 Å². The van der Waals surface area contributed by atoms with Gasteiger partial charge in [0, 0.05) is 16.1 Å². The third-order valence-electron chi connectivity index (χ3n) is 2.53. The Morgan fingerprint density at radius 2 is 2.25 bits per heavy atom. The van der Waals surface area contributed by atoms with Crippen molar-refractivity contribution in [2.24, 2.45) is 0 Å². The highest BCUT2D eigenvalue weighted by Crippen LogP contribution is 2.30. The van der Waals surface area contributed by atoms with Crippen molar-refractivity contribution in [1.29, 1.82) is 0 Å². The molecular weight excluding hydrogens is 286 g/mol. The summed E-state index contributed by atoms with van der Waals surface area (Å²) in [7, 11) is 3.71. The number of halogens is 1. The molecule has 1 aromatic carbocycles. The molecule has 0 aliphatic heterocycles. The van der Waals surface area contributed by atoms with E-state index in [1.54, 1.807) is 7.11 Å². The van der Waals surface area contributed by atoms with Gasteiger partial charge in [0.1, 0.15) is 5.75 Å². The highest BCUT2D eigenvalue weighted by molar-refractivity contribution is 9.10. The molecule has 4 heteroatoms. The number of nitrogens with one attached hydrogen (secondary N) is 1. The number of methoxy groups -OCH3 is 1. The highest BCUT2D eigenvalue weighted by Gasteiger charge is 2.14. The topological polar surface area (TPSA) is 21.3 Å². The predicted molar refractivity (Wildman–Crippen MR) is 75.5 cm³/mol. The number of rotatable bonds is 6. The van der Waals surface area contributed by atoms with Crippen LogP contribution in [0.15, 0.2) is 22.7 Å². The van der Waals surface area contributed by atoms with E-state index in [9.17, 15) is 0 Å². The Morgan fingerprint density at radius 3 is 2.81 bits per heavy atom. The smallest absolute Gasteiger partial charge is 0.123 e. The Kier molecular flexibility index (Phi) is 6.24. The van der Waals surface area contributed by atoms with Crippen LogP contribution >= 0.6 is 27.7 Å². The summed E-state index contributed by atoms with van der Waals surface area (Å²) in [5.41, 5.74) is 1.22. The summed E-state index contributed by atoms with van der Waals surface area (Å²) in [6.07, 6.45) is 3.23. The number of ether oxygens (including phenoxy) is 1. The van der Waals surface area contributed by atoms with Crippen molar-refractivity contribution in [3.63, 3.8) is 0 Å². The summed E-state index contributed by atoms with van der Waals surface area (Å²) in [5.74, 6) is 2.09. The fourth-order valence-corrected chi connectivity index (χ4v) is 2.52. The minimum atomic E-state index is 0.347. The van der Waals surface area contributed by atoms with Crippen molar-refractivity contribution in [1.82, 2.24) is 5.32 Å². The first-order valence-electron chi connectivity index (χ1n) is 5.22. The summed E-state index contributed by atoms with van der Waals surface area (Å²) in [4.78, 5) is 0. The van der Waals surface area contributed by atoms with Crippen LogP contribution in [0.2, 0.25) is 0 Å². The lowest BCUT2D eigenvalue weighted by Gasteiger charge is -2.19. The normalized spacial score (nSPS) is 12.5. The molecule has 0 fully saturated rings. The van der Waals surface area contributed by atoms with Gasteiger partial charge in [-0.1, -0.05) is 15.9 Å². The van der Waals surface area contributed by atoms with Gasteiger partial charge >= 0.3 is 0 Å². The molecule has 2 nitrogen and oxygen atoms in total. The van der Waals surface area contributed by atoms with E-state index in [0.717, 1.165) is 22.4 Å². The van der Waals surface area contributed by atoms with Gasteiger partial charge in [-0.3, -0.25) is 0 Å². The van der Waals surface area contributed by atoms with Gasteiger partial charge in [0.05, 0.1) is 7.11 Å². The largest absolute Gasteiger partial charge is 0.496 e. The Morgan fingerprint density at radius 1 is 1.50 bits per heavy atom. The molecule has 1 N–H and O–H groups in total. The lowest BCUT2D eigenvalue weighted by Crippen LogP contribution is -2.18. The van der Waals surface area contributed by atoms with E-state index in [0.29, 0.717) is 6.04 Å². The number of hydrogen-bond donors (Lipinski definition) is 1. The third kappa shape index (κ3) is 3.68. The van der Waals surface area contributed by atoms with Gasteiger partial charge in [-0.2, -0.15) is 11.8 Å². The average molecular weight is 304 g/mol. The summed E-state index contributed by atoms with van der Waals surface area (Å²) in [5, 5.41) is 3.34. The molecule has 1 atom stereocenters. The van der Waals surface area contributed by atoms with Crippen molar-refractivity contribution < 1.29 is 4.74 Å². The van der Waals surface area contributed by atoms with E-state index in [1.165, 1.54) is 5.56 Å². The molecule has 0 bridgehead atoms. The van der Waals surface area contributed by atoms with Gasteiger partial charge in [0.15, 0.2) is 0 Å². The van der Waals surface area contributed by atoms with E-state index in [1.807, 2.05) is 30.9 Å². The molecule has 0 amide bonds. The zero-order valence-electron chi connectivity index (χ0n) is 9.92. The van der Waals surface area contributed by atoms with Crippen LogP contribution in [0.5, 0.6) is 5.75 Å². The Balaban J connectivity index is 2.92. The van der Waals surface area contributed by atoms with Gasteiger partial charge in [-0.05, 0) is 43.7 Å². The molecule has 0 spiro atoms. The second-order valence-corrected chi connectivity index (χ2v) is 5.41. The van der Waals surface area contributed by atoms with E-state index in [4.69, 9.17) is 4.74 Å². The lowest BCUT2D eigenvalue weighted by molar-refractivity contribution is 0.400. The van der Waals surface area contributed by atoms with Crippen molar-refractivity contribution in [2.75, 3.05) is 26.2 Å². The number of hydrogen-bond acceptors (Lipinski definition) is 3. The monoisotopic (exact) mass is 303 g/mol. The van der Waals surface area contributed by atoms with Gasteiger partial charge < -0.3 is 10.1 Å². The van der Waals surface area contributed by atoms with Crippen LogP contribution in [0, 0.1) is 0 Å². The summed E-state index contributed by atoms with van der Waals surface area (Å²) in [6, 6.07) is 6.48. The first-order chi connectivity index (χ1) is 7.72. The SMILES string of the molecule is CNC(CCSC)c1cc(Br)ccc1OC. The van der Waals surface area contributed by atoms with Gasteiger partial charge in [-0.25, -0.2) is 0 Å². The Bertz CT molecular complexity index is 333. The first-order valence-corrected chi connectivity index (χ1v) is 7.41. The maximum absolute atomic E-state index is 5.40. The lowest BCUT2D eigenvalue weighted by atomic mass is 10.0. The van der Waals surface area contributed by atoms with Gasteiger partial charge in [-0.15, -0.1) is 0 Å². The number of thioether (sulfide) groups is 1. The van der Waals surface area contributed by atoms with Gasteiger partial charge in [0.2, 0.25) is 0 Å². The molecule has 0 heterocycles. The number of benzene rings is 1. The quantitative estimate of drug-likeness (QED) is 0.869. The van der Waals surface area contributed by atoms with Crippen LogP contribution in [0.1, 0.15) is 18.0 Å².